The van der Waals surface area contributed by atoms with Crippen molar-refractivity contribution in [3.63, 3.8) is 0 Å². The van der Waals surface area contributed by atoms with E-state index in [2.05, 4.69) is 34.7 Å². The third-order valence-electron chi connectivity index (χ3n) is 3.02. The number of guanidine groups is 1. The molecule has 0 radical (unpaired) electrons. The van der Waals surface area contributed by atoms with Crippen LogP contribution in [0.15, 0.2) is 29.3 Å². The van der Waals surface area contributed by atoms with Crippen LogP contribution in [0.2, 0.25) is 0 Å². The zero-order valence-electron chi connectivity index (χ0n) is 14.4. The minimum atomic E-state index is 0. The third-order valence-corrected chi connectivity index (χ3v) is 3.02. The van der Waals surface area contributed by atoms with E-state index in [0.29, 0.717) is 6.54 Å². The smallest absolute Gasteiger partial charge is 0.191 e. The molecule has 1 rings (SSSR count). The van der Waals surface area contributed by atoms with Crippen molar-refractivity contribution >= 4 is 29.9 Å². The normalized spacial score (nSPS) is 10.8. The fourth-order valence-electron chi connectivity index (χ4n) is 1.90. The van der Waals surface area contributed by atoms with Crippen molar-refractivity contribution in [2.75, 3.05) is 33.4 Å². The number of rotatable bonds is 10. The second-order valence-corrected chi connectivity index (χ2v) is 4.90. The first-order valence-corrected chi connectivity index (χ1v) is 8.04. The summed E-state index contributed by atoms with van der Waals surface area (Å²) in [6.45, 7) is 7.97. The maximum atomic E-state index is 5.64. The molecule has 0 bridgehead atoms. The molecule has 0 aliphatic carbocycles. The number of hydrogen-bond acceptors (Lipinski definition) is 3. The van der Waals surface area contributed by atoms with Gasteiger partial charge in [0, 0.05) is 33.4 Å². The van der Waals surface area contributed by atoms with Gasteiger partial charge in [0.05, 0.1) is 6.61 Å². The lowest BCUT2D eigenvalue weighted by Gasteiger charge is -2.12. The van der Waals surface area contributed by atoms with Crippen LogP contribution in [0, 0.1) is 0 Å². The first kappa shape index (κ1) is 22.0. The molecule has 0 fully saturated rings. The number of nitrogens with zero attached hydrogens (tertiary/aromatic N) is 1. The van der Waals surface area contributed by atoms with Crippen molar-refractivity contribution in [3.8, 4) is 5.75 Å². The van der Waals surface area contributed by atoms with Gasteiger partial charge in [-0.3, -0.25) is 4.99 Å². The highest BCUT2D eigenvalue weighted by Crippen LogP contribution is 2.13. The van der Waals surface area contributed by atoms with Crippen LogP contribution in [-0.2, 0) is 11.3 Å². The Bertz CT molecular complexity index is 442. The van der Waals surface area contributed by atoms with E-state index in [0.717, 1.165) is 50.9 Å². The fraction of sp³-hybridized carbons (Fsp3) is 0.588. The highest BCUT2D eigenvalue weighted by Gasteiger charge is 2.00. The molecule has 1 aromatic carbocycles. The Morgan fingerprint density at radius 3 is 2.70 bits per heavy atom. The van der Waals surface area contributed by atoms with Crippen LogP contribution in [0.25, 0.3) is 0 Å². The van der Waals surface area contributed by atoms with E-state index >= 15 is 0 Å². The third kappa shape index (κ3) is 10.4. The molecule has 2 N–H and O–H groups in total. The zero-order chi connectivity index (χ0) is 16.0. The lowest BCUT2D eigenvalue weighted by molar-refractivity contribution is 0.145. The van der Waals surface area contributed by atoms with Gasteiger partial charge >= 0.3 is 0 Å². The zero-order valence-corrected chi connectivity index (χ0v) is 16.8. The SMILES string of the molecule is CCCOc1cccc(CNC(=NC)NCCCOCC)c1.I. The van der Waals surface area contributed by atoms with Crippen molar-refractivity contribution in [1.29, 1.82) is 0 Å². The molecule has 0 aliphatic rings. The number of halogens is 1. The molecule has 0 spiro atoms. The van der Waals surface area contributed by atoms with E-state index < -0.39 is 0 Å². The molecule has 0 saturated heterocycles. The molecule has 5 nitrogen and oxygen atoms in total. The number of aliphatic imine (C=N–C) groups is 1. The summed E-state index contributed by atoms with van der Waals surface area (Å²) < 4.78 is 11.0. The topological polar surface area (TPSA) is 54.9 Å². The highest BCUT2D eigenvalue weighted by atomic mass is 127. The average molecular weight is 435 g/mol. The van der Waals surface area contributed by atoms with E-state index in [4.69, 9.17) is 9.47 Å². The monoisotopic (exact) mass is 435 g/mol. The predicted octanol–water partition coefficient (Wildman–Crippen LogP) is 3.19. The first-order valence-electron chi connectivity index (χ1n) is 8.04. The van der Waals surface area contributed by atoms with E-state index in [1.165, 1.54) is 5.56 Å². The molecule has 0 heterocycles. The first-order chi connectivity index (χ1) is 10.8. The predicted molar refractivity (Wildman–Crippen MR) is 107 cm³/mol. The largest absolute Gasteiger partial charge is 0.494 e. The highest BCUT2D eigenvalue weighted by molar-refractivity contribution is 14.0. The van der Waals surface area contributed by atoms with Crippen LogP contribution in [0.5, 0.6) is 5.75 Å². The van der Waals surface area contributed by atoms with Gasteiger partial charge in [-0.1, -0.05) is 19.1 Å². The molecule has 0 unspecified atom stereocenters. The van der Waals surface area contributed by atoms with Crippen molar-refractivity contribution in [2.24, 2.45) is 4.99 Å². The maximum Gasteiger partial charge on any atom is 0.191 e. The molecule has 132 valence electrons. The van der Waals surface area contributed by atoms with Crippen LogP contribution >= 0.6 is 24.0 Å². The van der Waals surface area contributed by atoms with Crippen LogP contribution < -0.4 is 15.4 Å². The maximum absolute atomic E-state index is 5.64. The Morgan fingerprint density at radius 1 is 1.17 bits per heavy atom. The van der Waals surface area contributed by atoms with Crippen LogP contribution in [0.3, 0.4) is 0 Å². The minimum Gasteiger partial charge on any atom is -0.494 e. The molecule has 0 aromatic heterocycles. The number of benzene rings is 1. The van der Waals surface area contributed by atoms with Gasteiger partial charge in [0.1, 0.15) is 5.75 Å². The van der Waals surface area contributed by atoms with Gasteiger partial charge in [-0.25, -0.2) is 0 Å². The average Bonchev–Trinajstić information content (AvgIpc) is 2.56. The van der Waals surface area contributed by atoms with Crippen LogP contribution in [-0.4, -0.2) is 39.4 Å². The lowest BCUT2D eigenvalue weighted by Crippen LogP contribution is -2.37. The molecule has 0 amide bonds. The van der Waals surface area contributed by atoms with Gasteiger partial charge in [0.2, 0.25) is 0 Å². The van der Waals surface area contributed by atoms with E-state index in [9.17, 15) is 0 Å². The summed E-state index contributed by atoms with van der Waals surface area (Å²) in [6, 6.07) is 8.14. The van der Waals surface area contributed by atoms with Crippen molar-refractivity contribution in [3.05, 3.63) is 29.8 Å². The fourth-order valence-corrected chi connectivity index (χ4v) is 1.90. The summed E-state index contributed by atoms with van der Waals surface area (Å²) in [5, 5.41) is 6.58. The molecule has 23 heavy (non-hydrogen) atoms. The molecule has 6 heteroatoms. The summed E-state index contributed by atoms with van der Waals surface area (Å²) in [4.78, 5) is 4.22. The molecular formula is C17H30IN3O2. The molecule has 1 aromatic rings. The van der Waals surface area contributed by atoms with Gasteiger partial charge < -0.3 is 20.1 Å². The molecule has 0 aliphatic heterocycles. The van der Waals surface area contributed by atoms with Gasteiger partial charge in [-0.15, -0.1) is 24.0 Å². The Kier molecular flexibility index (Phi) is 13.9. The summed E-state index contributed by atoms with van der Waals surface area (Å²) in [7, 11) is 1.78. The Labute approximate surface area is 157 Å². The second-order valence-electron chi connectivity index (χ2n) is 4.90. The Morgan fingerprint density at radius 2 is 2.00 bits per heavy atom. The van der Waals surface area contributed by atoms with Gasteiger partial charge in [-0.05, 0) is 37.5 Å². The van der Waals surface area contributed by atoms with Crippen molar-refractivity contribution in [2.45, 2.75) is 33.2 Å². The van der Waals surface area contributed by atoms with Crippen molar-refractivity contribution < 1.29 is 9.47 Å². The number of hydrogen-bond donors (Lipinski definition) is 2. The standard InChI is InChI=1S/C17H29N3O2.HI/c1-4-11-22-16-9-6-8-15(13-16)14-20-17(18-3)19-10-7-12-21-5-2;/h6,8-9,13H,4-5,7,10-12,14H2,1-3H3,(H2,18,19,20);1H. The number of ether oxygens (including phenoxy) is 2. The second kappa shape index (κ2) is 14.6. The summed E-state index contributed by atoms with van der Waals surface area (Å²) in [5.74, 6) is 1.72. The van der Waals surface area contributed by atoms with Crippen LogP contribution in [0.4, 0.5) is 0 Å². The number of nitrogens with one attached hydrogen (secondary N) is 2. The van der Waals surface area contributed by atoms with E-state index in [1.54, 1.807) is 7.05 Å². The minimum absolute atomic E-state index is 0. The molecule has 0 atom stereocenters. The van der Waals surface area contributed by atoms with E-state index in [1.807, 2.05) is 19.1 Å². The summed E-state index contributed by atoms with van der Waals surface area (Å²) in [6.07, 6.45) is 1.98. The summed E-state index contributed by atoms with van der Waals surface area (Å²) in [5.41, 5.74) is 1.17. The quantitative estimate of drug-likeness (QED) is 0.257. The molecule has 0 saturated carbocycles. The van der Waals surface area contributed by atoms with Gasteiger partial charge in [0.15, 0.2) is 5.96 Å². The molecular weight excluding hydrogens is 405 g/mol. The summed E-state index contributed by atoms with van der Waals surface area (Å²) >= 11 is 0. The van der Waals surface area contributed by atoms with Crippen LogP contribution in [0.1, 0.15) is 32.3 Å². The van der Waals surface area contributed by atoms with Crippen molar-refractivity contribution in [1.82, 2.24) is 10.6 Å². The lowest BCUT2D eigenvalue weighted by atomic mass is 10.2. The van der Waals surface area contributed by atoms with Gasteiger partial charge in [0.25, 0.3) is 0 Å². The Balaban J connectivity index is 0.00000484. The van der Waals surface area contributed by atoms with Gasteiger partial charge in [-0.2, -0.15) is 0 Å². The Hall–Kier alpha value is -1.02. The van der Waals surface area contributed by atoms with E-state index in [-0.39, 0.29) is 24.0 Å².